The molecule has 1 fully saturated rings. The number of pyridine rings is 1. The molecule has 1 aromatic heterocycles. The molecule has 5 heteroatoms. The lowest BCUT2D eigenvalue weighted by Crippen LogP contribution is -2.11. The maximum Gasteiger partial charge on any atom is 0.356 e. The van der Waals surface area contributed by atoms with Gasteiger partial charge in [-0.2, -0.15) is 0 Å². The van der Waals surface area contributed by atoms with Crippen molar-refractivity contribution in [2.45, 2.75) is 26.3 Å². The molecule has 0 aromatic carbocycles. The van der Waals surface area contributed by atoms with Crippen molar-refractivity contribution in [2.24, 2.45) is 5.41 Å². The van der Waals surface area contributed by atoms with Crippen molar-refractivity contribution in [3.05, 3.63) is 22.8 Å². The molecule has 1 aliphatic carbocycles. The number of nitrogens with one attached hydrogen (secondary N) is 1. The fourth-order valence-corrected chi connectivity index (χ4v) is 1.75. The Morgan fingerprint density at radius 2 is 2.25 bits per heavy atom. The van der Waals surface area contributed by atoms with E-state index >= 15 is 0 Å². The molecule has 1 aromatic rings. The van der Waals surface area contributed by atoms with Crippen LogP contribution in [0.25, 0.3) is 0 Å². The standard InChI is InChI=1S/C11H13ClN2O2/c1-11(2)5-7(11)13-8-4-3-6(12)9(14-8)10(15)16/h3-4,7H,5H2,1-2H3,(H,13,14)(H,15,16). The van der Waals surface area contributed by atoms with Gasteiger partial charge in [-0.05, 0) is 24.0 Å². The third-order valence-electron chi connectivity index (χ3n) is 2.88. The van der Waals surface area contributed by atoms with Gasteiger partial charge in [0.2, 0.25) is 0 Å². The summed E-state index contributed by atoms with van der Waals surface area (Å²) in [5, 5.41) is 12.2. The van der Waals surface area contributed by atoms with Crippen LogP contribution >= 0.6 is 11.6 Å². The number of carbonyl (C=O) groups is 1. The molecular formula is C11H13ClN2O2. The first-order chi connectivity index (χ1) is 7.40. The molecule has 2 rings (SSSR count). The highest BCUT2D eigenvalue weighted by Gasteiger charge is 2.45. The molecule has 2 N–H and O–H groups in total. The molecular weight excluding hydrogens is 228 g/mol. The van der Waals surface area contributed by atoms with Gasteiger partial charge in [-0.25, -0.2) is 9.78 Å². The van der Waals surface area contributed by atoms with Gasteiger partial charge in [-0.1, -0.05) is 25.4 Å². The highest BCUT2D eigenvalue weighted by atomic mass is 35.5. The van der Waals surface area contributed by atoms with Crippen LogP contribution in [0.15, 0.2) is 12.1 Å². The van der Waals surface area contributed by atoms with Gasteiger partial charge in [-0.3, -0.25) is 0 Å². The molecule has 1 unspecified atom stereocenters. The van der Waals surface area contributed by atoms with Gasteiger partial charge in [0.1, 0.15) is 5.82 Å². The summed E-state index contributed by atoms with van der Waals surface area (Å²) in [7, 11) is 0. The summed E-state index contributed by atoms with van der Waals surface area (Å²) in [6.07, 6.45) is 1.07. The van der Waals surface area contributed by atoms with Crippen LogP contribution in [0.1, 0.15) is 30.8 Å². The van der Waals surface area contributed by atoms with Gasteiger partial charge >= 0.3 is 5.97 Å². The minimum absolute atomic E-state index is 0.106. The molecule has 1 atom stereocenters. The van der Waals surface area contributed by atoms with Gasteiger partial charge in [0.05, 0.1) is 5.02 Å². The van der Waals surface area contributed by atoms with E-state index in [0.717, 1.165) is 6.42 Å². The van der Waals surface area contributed by atoms with Gasteiger partial charge in [-0.15, -0.1) is 0 Å². The minimum atomic E-state index is -1.11. The van der Waals surface area contributed by atoms with E-state index in [1.165, 1.54) is 0 Å². The summed E-state index contributed by atoms with van der Waals surface area (Å²) in [6, 6.07) is 3.61. The summed E-state index contributed by atoms with van der Waals surface area (Å²) < 4.78 is 0. The molecule has 0 spiro atoms. The number of anilines is 1. The number of aromatic carboxylic acids is 1. The van der Waals surface area contributed by atoms with E-state index in [4.69, 9.17) is 16.7 Å². The van der Waals surface area contributed by atoms with Crippen molar-refractivity contribution >= 4 is 23.4 Å². The first-order valence-corrected chi connectivity index (χ1v) is 5.44. The van der Waals surface area contributed by atoms with Crippen LogP contribution in [0.2, 0.25) is 5.02 Å². The van der Waals surface area contributed by atoms with Crippen LogP contribution in [-0.2, 0) is 0 Å². The molecule has 0 bridgehead atoms. The van der Waals surface area contributed by atoms with Gasteiger partial charge in [0.25, 0.3) is 0 Å². The Balaban J connectivity index is 2.17. The van der Waals surface area contributed by atoms with Crippen molar-refractivity contribution in [3.8, 4) is 0 Å². The monoisotopic (exact) mass is 240 g/mol. The Labute approximate surface area is 98.6 Å². The third kappa shape index (κ3) is 2.11. The fraction of sp³-hybridized carbons (Fsp3) is 0.455. The Bertz CT molecular complexity index is 446. The maximum absolute atomic E-state index is 10.8. The third-order valence-corrected chi connectivity index (χ3v) is 3.19. The van der Waals surface area contributed by atoms with E-state index < -0.39 is 5.97 Å². The molecule has 0 amide bonds. The average Bonchev–Trinajstić information content (AvgIpc) is 2.76. The van der Waals surface area contributed by atoms with E-state index in [0.29, 0.717) is 11.9 Å². The lowest BCUT2D eigenvalue weighted by atomic mass is 10.2. The topological polar surface area (TPSA) is 62.2 Å². The zero-order valence-corrected chi connectivity index (χ0v) is 9.88. The fourth-order valence-electron chi connectivity index (χ4n) is 1.56. The highest BCUT2D eigenvalue weighted by molar-refractivity contribution is 6.33. The zero-order chi connectivity index (χ0) is 11.9. The second kappa shape index (κ2) is 3.63. The smallest absolute Gasteiger partial charge is 0.356 e. The molecule has 4 nitrogen and oxygen atoms in total. The molecule has 0 aliphatic heterocycles. The maximum atomic E-state index is 10.8. The largest absolute Gasteiger partial charge is 0.476 e. The summed E-state index contributed by atoms with van der Waals surface area (Å²) in [5.74, 6) is -0.541. The van der Waals surface area contributed by atoms with Crippen molar-refractivity contribution in [1.82, 2.24) is 4.98 Å². The van der Waals surface area contributed by atoms with Gasteiger partial charge in [0.15, 0.2) is 5.69 Å². The number of carboxylic acid groups (broad SMARTS) is 1. The van der Waals surface area contributed by atoms with Crippen LogP contribution in [0, 0.1) is 5.41 Å². The molecule has 1 heterocycles. The predicted molar refractivity (Wildman–Crippen MR) is 62.0 cm³/mol. The number of hydrogen-bond donors (Lipinski definition) is 2. The van der Waals surface area contributed by atoms with Crippen LogP contribution in [0.5, 0.6) is 0 Å². The molecule has 1 aliphatic rings. The second-order valence-corrected chi connectivity index (χ2v) is 5.13. The molecule has 0 radical (unpaired) electrons. The normalized spacial score (nSPS) is 21.6. The summed E-state index contributed by atoms with van der Waals surface area (Å²) >= 11 is 5.73. The molecule has 86 valence electrons. The van der Waals surface area contributed by atoms with Crippen molar-refractivity contribution in [3.63, 3.8) is 0 Å². The van der Waals surface area contributed by atoms with Crippen LogP contribution in [0.4, 0.5) is 5.82 Å². The first-order valence-electron chi connectivity index (χ1n) is 5.06. The molecule has 16 heavy (non-hydrogen) atoms. The first kappa shape index (κ1) is 11.2. The Hall–Kier alpha value is -1.29. The Morgan fingerprint density at radius 3 is 2.75 bits per heavy atom. The van der Waals surface area contributed by atoms with E-state index in [9.17, 15) is 4.79 Å². The lowest BCUT2D eigenvalue weighted by molar-refractivity contribution is 0.0691. The predicted octanol–water partition coefficient (Wildman–Crippen LogP) is 2.64. The van der Waals surface area contributed by atoms with Gasteiger partial charge < -0.3 is 10.4 Å². The molecule has 1 saturated carbocycles. The average molecular weight is 241 g/mol. The number of nitrogens with zero attached hydrogens (tertiary/aromatic N) is 1. The summed E-state index contributed by atoms with van der Waals surface area (Å²) in [6.45, 7) is 4.30. The highest BCUT2D eigenvalue weighted by Crippen LogP contribution is 2.46. The van der Waals surface area contributed by atoms with E-state index in [2.05, 4.69) is 24.1 Å². The van der Waals surface area contributed by atoms with Crippen LogP contribution in [-0.4, -0.2) is 22.1 Å². The van der Waals surface area contributed by atoms with Crippen molar-refractivity contribution in [1.29, 1.82) is 0 Å². The van der Waals surface area contributed by atoms with E-state index in [1.807, 2.05) is 0 Å². The summed E-state index contributed by atoms with van der Waals surface area (Å²) in [5.41, 5.74) is 0.162. The van der Waals surface area contributed by atoms with Crippen molar-refractivity contribution < 1.29 is 9.90 Å². The number of aromatic nitrogens is 1. The number of hydrogen-bond acceptors (Lipinski definition) is 3. The quantitative estimate of drug-likeness (QED) is 0.853. The van der Waals surface area contributed by atoms with Crippen molar-refractivity contribution in [2.75, 3.05) is 5.32 Å². The van der Waals surface area contributed by atoms with Gasteiger partial charge in [0, 0.05) is 6.04 Å². The number of rotatable bonds is 3. The number of carboxylic acids is 1. The Morgan fingerprint density at radius 1 is 1.62 bits per heavy atom. The number of halogens is 1. The summed E-state index contributed by atoms with van der Waals surface area (Å²) in [4.78, 5) is 14.8. The SMILES string of the molecule is CC1(C)CC1Nc1ccc(Cl)c(C(=O)O)n1. The zero-order valence-electron chi connectivity index (χ0n) is 9.12. The minimum Gasteiger partial charge on any atom is -0.476 e. The van der Waals surface area contributed by atoms with Crippen LogP contribution < -0.4 is 5.32 Å². The molecule has 0 saturated heterocycles. The lowest BCUT2D eigenvalue weighted by Gasteiger charge is -2.08. The van der Waals surface area contributed by atoms with Crippen LogP contribution in [0.3, 0.4) is 0 Å². The van der Waals surface area contributed by atoms with E-state index in [1.54, 1.807) is 12.1 Å². The van der Waals surface area contributed by atoms with E-state index in [-0.39, 0.29) is 16.1 Å². The second-order valence-electron chi connectivity index (χ2n) is 4.72. The Kier molecular flexibility index (Phi) is 2.54.